The summed E-state index contributed by atoms with van der Waals surface area (Å²) in [6, 6.07) is 7.06. The number of benzene rings is 1. The number of aromatic nitrogens is 1. The first-order valence-corrected chi connectivity index (χ1v) is 10.9. The summed E-state index contributed by atoms with van der Waals surface area (Å²) in [5.41, 5.74) is 2.64. The number of piperazine rings is 1. The monoisotopic (exact) mass is 405 g/mol. The first-order valence-electron chi connectivity index (χ1n) is 9.49. The molecule has 0 bridgehead atoms. The van der Waals surface area contributed by atoms with Crippen LogP contribution in [0.3, 0.4) is 0 Å². The van der Waals surface area contributed by atoms with Gasteiger partial charge in [0, 0.05) is 31.7 Å². The van der Waals surface area contributed by atoms with Gasteiger partial charge in [0.2, 0.25) is 15.9 Å². The number of hydrogen-bond acceptors (Lipinski definition) is 5. The third-order valence-corrected chi connectivity index (χ3v) is 7.20. The predicted octanol–water partition coefficient (Wildman–Crippen LogP) is 2.49. The third kappa shape index (κ3) is 4.12. The minimum Gasteiger partial charge on any atom is -0.361 e. The average Bonchev–Trinajstić information content (AvgIpc) is 3.00. The Morgan fingerprint density at radius 3 is 2.21 bits per heavy atom. The van der Waals surface area contributed by atoms with Crippen LogP contribution in [0.15, 0.2) is 33.7 Å². The van der Waals surface area contributed by atoms with Crippen molar-refractivity contribution in [2.24, 2.45) is 0 Å². The van der Waals surface area contributed by atoms with E-state index in [0.717, 1.165) is 16.8 Å². The molecule has 0 unspecified atom stereocenters. The lowest BCUT2D eigenvalue weighted by molar-refractivity contribution is -0.131. The number of sulfonamides is 1. The Balaban J connectivity index is 1.63. The van der Waals surface area contributed by atoms with Gasteiger partial charge in [-0.3, -0.25) is 4.79 Å². The summed E-state index contributed by atoms with van der Waals surface area (Å²) in [7, 11) is -3.55. The molecular formula is C20H27N3O4S. The van der Waals surface area contributed by atoms with E-state index in [0.29, 0.717) is 42.8 Å². The van der Waals surface area contributed by atoms with Gasteiger partial charge < -0.3 is 9.42 Å². The Labute approximate surface area is 166 Å². The first-order chi connectivity index (χ1) is 13.2. The van der Waals surface area contributed by atoms with Crippen LogP contribution in [-0.4, -0.2) is 54.9 Å². The maximum atomic E-state index is 12.9. The molecule has 0 N–H and O–H groups in total. The Hall–Kier alpha value is -2.19. The van der Waals surface area contributed by atoms with E-state index in [1.165, 1.54) is 4.31 Å². The molecule has 3 rings (SSSR count). The normalized spacial score (nSPS) is 16.0. The molecule has 1 saturated heterocycles. The lowest BCUT2D eigenvalue weighted by Crippen LogP contribution is -2.50. The summed E-state index contributed by atoms with van der Waals surface area (Å²) >= 11 is 0. The molecule has 1 aliphatic rings. The van der Waals surface area contributed by atoms with E-state index in [9.17, 15) is 13.2 Å². The quantitative estimate of drug-likeness (QED) is 0.763. The lowest BCUT2D eigenvalue weighted by Gasteiger charge is -2.34. The van der Waals surface area contributed by atoms with Crippen molar-refractivity contribution in [3.8, 4) is 0 Å². The summed E-state index contributed by atoms with van der Waals surface area (Å²) in [6.07, 6.45) is 0.227. The van der Waals surface area contributed by atoms with Gasteiger partial charge in [-0.25, -0.2) is 8.42 Å². The van der Waals surface area contributed by atoms with Gasteiger partial charge in [0.15, 0.2) is 0 Å². The molecule has 2 aromatic rings. The highest BCUT2D eigenvalue weighted by Crippen LogP contribution is 2.22. The molecule has 0 aliphatic carbocycles. The van der Waals surface area contributed by atoms with E-state index in [-0.39, 0.29) is 12.3 Å². The van der Waals surface area contributed by atoms with E-state index in [4.69, 9.17) is 4.52 Å². The Bertz CT molecular complexity index is 921. The molecule has 1 fully saturated rings. The van der Waals surface area contributed by atoms with Gasteiger partial charge in [0.25, 0.3) is 0 Å². The van der Waals surface area contributed by atoms with Crippen molar-refractivity contribution in [2.45, 2.75) is 44.9 Å². The van der Waals surface area contributed by atoms with E-state index in [2.05, 4.69) is 19.0 Å². The fourth-order valence-electron chi connectivity index (χ4n) is 3.37. The summed E-state index contributed by atoms with van der Waals surface area (Å²) in [6.45, 7) is 9.09. The number of rotatable bonds is 5. The number of amides is 1. The highest BCUT2D eigenvalue weighted by molar-refractivity contribution is 7.89. The third-order valence-electron chi connectivity index (χ3n) is 5.29. The van der Waals surface area contributed by atoms with Gasteiger partial charge in [0.05, 0.1) is 17.0 Å². The molecule has 0 radical (unpaired) electrons. The Morgan fingerprint density at radius 1 is 1.11 bits per heavy atom. The fraction of sp³-hybridized carbons (Fsp3) is 0.500. The smallest absolute Gasteiger partial charge is 0.243 e. The molecule has 1 aromatic heterocycles. The van der Waals surface area contributed by atoms with Gasteiger partial charge in [-0.1, -0.05) is 31.1 Å². The van der Waals surface area contributed by atoms with Crippen molar-refractivity contribution >= 4 is 15.9 Å². The molecule has 1 amide bonds. The molecule has 1 aromatic carbocycles. The summed E-state index contributed by atoms with van der Waals surface area (Å²) in [5.74, 6) is 0.966. The number of carbonyl (C=O) groups is 1. The van der Waals surface area contributed by atoms with Crippen LogP contribution in [-0.2, 0) is 21.2 Å². The summed E-state index contributed by atoms with van der Waals surface area (Å²) in [4.78, 5) is 14.6. The van der Waals surface area contributed by atoms with Crippen LogP contribution >= 0.6 is 0 Å². The van der Waals surface area contributed by atoms with E-state index < -0.39 is 10.0 Å². The highest BCUT2D eigenvalue weighted by atomic mass is 32.2. The van der Waals surface area contributed by atoms with E-state index in [1.54, 1.807) is 24.0 Å². The van der Waals surface area contributed by atoms with Crippen molar-refractivity contribution in [1.82, 2.24) is 14.4 Å². The lowest BCUT2D eigenvalue weighted by atomic mass is 10.0. The fourth-order valence-corrected chi connectivity index (χ4v) is 4.79. The summed E-state index contributed by atoms with van der Waals surface area (Å²) in [5, 5.41) is 3.88. The van der Waals surface area contributed by atoms with E-state index in [1.807, 2.05) is 19.1 Å². The van der Waals surface area contributed by atoms with Crippen LogP contribution < -0.4 is 0 Å². The second-order valence-corrected chi connectivity index (χ2v) is 9.43. The average molecular weight is 406 g/mol. The predicted molar refractivity (Wildman–Crippen MR) is 106 cm³/mol. The SMILES string of the molecule is Cc1noc(C)c1CC(=O)N1CCN(S(=O)(=O)c2ccc(C(C)C)cc2)CC1. The van der Waals surface area contributed by atoms with E-state index >= 15 is 0 Å². The molecular weight excluding hydrogens is 378 g/mol. The molecule has 28 heavy (non-hydrogen) atoms. The number of nitrogens with zero attached hydrogens (tertiary/aromatic N) is 3. The van der Waals surface area contributed by atoms with Crippen LogP contribution in [0.25, 0.3) is 0 Å². The largest absolute Gasteiger partial charge is 0.361 e. The van der Waals surface area contributed by atoms with Gasteiger partial charge >= 0.3 is 0 Å². The second-order valence-electron chi connectivity index (χ2n) is 7.49. The zero-order chi connectivity index (χ0) is 20.5. The number of aryl methyl sites for hydroxylation is 2. The van der Waals surface area contributed by atoms with Crippen molar-refractivity contribution in [3.05, 3.63) is 46.8 Å². The molecule has 8 heteroatoms. The van der Waals surface area contributed by atoms with Crippen LogP contribution in [0.1, 0.15) is 42.3 Å². The standard InChI is InChI=1S/C20H27N3O4S/c1-14(2)17-5-7-18(8-6-17)28(25,26)23-11-9-22(10-12-23)20(24)13-19-15(3)21-27-16(19)4/h5-8,14H,9-13H2,1-4H3. The number of carbonyl (C=O) groups excluding carboxylic acids is 1. The molecule has 7 nitrogen and oxygen atoms in total. The Morgan fingerprint density at radius 2 is 1.71 bits per heavy atom. The molecule has 0 saturated carbocycles. The first kappa shape index (κ1) is 20.5. The zero-order valence-electron chi connectivity index (χ0n) is 16.8. The van der Waals surface area contributed by atoms with Crippen molar-refractivity contribution in [1.29, 1.82) is 0 Å². The van der Waals surface area contributed by atoms with Crippen LogP contribution in [0.5, 0.6) is 0 Å². The van der Waals surface area contributed by atoms with Gasteiger partial charge in [-0.05, 0) is 37.5 Å². The van der Waals surface area contributed by atoms with Crippen LogP contribution in [0.2, 0.25) is 0 Å². The van der Waals surface area contributed by atoms with Crippen molar-refractivity contribution in [2.75, 3.05) is 26.2 Å². The van der Waals surface area contributed by atoms with Gasteiger partial charge in [-0.2, -0.15) is 4.31 Å². The molecule has 0 spiro atoms. The molecule has 152 valence electrons. The van der Waals surface area contributed by atoms with Crippen LogP contribution in [0.4, 0.5) is 0 Å². The molecule has 0 atom stereocenters. The Kier molecular flexibility index (Phi) is 5.90. The molecule has 1 aliphatic heterocycles. The zero-order valence-corrected chi connectivity index (χ0v) is 17.6. The number of hydrogen-bond donors (Lipinski definition) is 0. The van der Waals surface area contributed by atoms with Gasteiger partial charge in [0.1, 0.15) is 5.76 Å². The maximum Gasteiger partial charge on any atom is 0.243 e. The topological polar surface area (TPSA) is 83.7 Å². The minimum atomic E-state index is -3.55. The summed E-state index contributed by atoms with van der Waals surface area (Å²) < 4.78 is 32.3. The highest BCUT2D eigenvalue weighted by Gasteiger charge is 2.30. The minimum absolute atomic E-state index is 0.0345. The molecule has 2 heterocycles. The second kappa shape index (κ2) is 8.05. The van der Waals surface area contributed by atoms with Crippen molar-refractivity contribution < 1.29 is 17.7 Å². The maximum absolute atomic E-state index is 12.9. The van der Waals surface area contributed by atoms with Gasteiger partial charge in [-0.15, -0.1) is 0 Å². The van der Waals surface area contributed by atoms with Crippen molar-refractivity contribution in [3.63, 3.8) is 0 Å². The van der Waals surface area contributed by atoms with Crippen LogP contribution in [0, 0.1) is 13.8 Å².